The molecule has 2 aliphatic rings. The Morgan fingerprint density at radius 3 is 1.62 bits per heavy atom. The predicted molar refractivity (Wildman–Crippen MR) is 203 cm³/mol. The summed E-state index contributed by atoms with van der Waals surface area (Å²) in [7, 11) is 0. The Bertz CT molecular complexity index is 1760. The maximum absolute atomic E-state index is 12.2. The third kappa shape index (κ3) is 12.7. The van der Waals surface area contributed by atoms with Crippen LogP contribution in [-0.2, 0) is 4.74 Å². The molecule has 2 saturated heterocycles. The number of aromatic nitrogens is 2. The first kappa shape index (κ1) is 38.1. The van der Waals surface area contributed by atoms with Crippen LogP contribution >= 0.6 is 12.4 Å². The number of likely N-dealkylation sites (tertiary alicyclic amines) is 1. The van der Waals surface area contributed by atoms with Crippen molar-refractivity contribution in [3.05, 3.63) is 119 Å². The normalized spacial score (nSPS) is 14.4. The summed E-state index contributed by atoms with van der Waals surface area (Å²) < 4.78 is 17.2. The molecule has 0 aliphatic carbocycles. The number of aryl methyl sites for hydroxylation is 2. The molecule has 9 heteroatoms. The zero-order valence-electron chi connectivity index (χ0n) is 29.8. The van der Waals surface area contributed by atoms with E-state index >= 15 is 0 Å². The number of amides is 1. The number of hydrogen-bond acceptors (Lipinski definition) is 7. The molecule has 1 amide bonds. The fourth-order valence-electron chi connectivity index (χ4n) is 5.54. The van der Waals surface area contributed by atoms with Gasteiger partial charge in [0.15, 0.2) is 0 Å². The molecule has 6 rings (SSSR count). The van der Waals surface area contributed by atoms with Gasteiger partial charge in [-0.2, -0.15) is 0 Å². The van der Waals surface area contributed by atoms with Crippen LogP contribution in [-0.4, -0.2) is 52.7 Å². The first-order valence-electron chi connectivity index (χ1n) is 17.1. The molecule has 2 fully saturated rings. The van der Waals surface area contributed by atoms with E-state index in [-0.39, 0.29) is 18.5 Å². The molecule has 4 heterocycles. The summed E-state index contributed by atoms with van der Waals surface area (Å²) in [5, 5.41) is 3.38. The summed E-state index contributed by atoms with van der Waals surface area (Å²) in [4.78, 5) is 22.7. The Hall–Kier alpha value is -4.66. The zero-order valence-corrected chi connectivity index (χ0v) is 30.6. The van der Waals surface area contributed by atoms with Crippen LogP contribution in [0.15, 0.2) is 96.1 Å². The molecule has 8 nitrogen and oxygen atoms in total. The highest BCUT2D eigenvalue weighted by Gasteiger charge is 2.24. The average molecular weight is 697 g/mol. The van der Waals surface area contributed by atoms with Crippen molar-refractivity contribution in [2.24, 2.45) is 0 Å². The van der Waals surface area contributed by atoms with Crippen molar-refractivity contribution in [3.63, 3.8) is 0 Å². The summed E-state index contributed by atoms with van der Waals surface area (Å²) >= 11 is 0. The predicted octanol–water partition coefficient (Wildman–Crippen LogP) is 9.97. The van der Waals surface area contributed by atoms with Crippen molar-refractivity contribution in [1.29, 1.82) is 0 Å². The van der Waals surface area contributed by atoms with Crippen molar-refractivity contribution in [2.45, 2.75) is 65.9 Å². The molecule has 0 atom stereocenters. The van der Waals surface area contributed by atoms with E-state index in [4.69, 9.17) is 14.2 Å². The fourth-order valence-corrected chi connectivity index (χ4v) is 5.54. The maximum atomic E-state index is 12.2. The molecule has 4 aromatic rings. The molecule has 0 bridgehead atoms. The van der Waals surface area contributed by atoms with Crippen LogP contribution < -0.4 is 14.8 Å². The van der Waals surface area contributed by atoms with Gasteiger partial charge in [-0.1, -0.05) is 59.7 Å². The smallest absolute Gasteiger partial charge is 0.410 e. The van der Waals surface area contributed by atoms with Gasteiger partial charge in [-0.3, -0.25) is 0 Å². The van der Waals surface area contributed by atoms with E-state index < -0.39 is 5.60 Å². The number of hydrogen-bond donors (Lipinski definition) is 1. The average Bonchev–Trinajstić information content (AvgIpc) is 3.06. The number of halogens is 1. The SMILES string of the molecule is Cc1cccc(Oc2cccc(C=C3CCN(C(=O)OC(C)(C)C)CC3)c2)n1.Cc1cccc(Oc2cccc(C=C3CCNCC3)c2)n1.Cl. The molecule has 0 spiro atoms. The molecule has 0 radical (unpaired) electrons. The summed E-state index contributed by atoms with van der Waals surface area (Å²) in [5.74, 6) is 2.83. The minimum absolute atomic E-state index is 0. The van der Waals surface area contributed by atoms with E-state index in [2.05, 4.69) is 45.6 Å². The van der Waals surface area contributed by atoms with Crippen molar-refractivity contribution in [3.8, 4) is 23.3 Å². The van der Waals surface area contributed by atoms with Gasteiger partial charge >= 0.3 is 6.09 Å². The van der Waals surface area contributed by atoms with E-state index in [9.17, 15) is 4.79 Å². The van der Waals surface area contributed by atoms with Gasteiger partial charge in [-0.15, -0.1) is 12.4 Å². The zero-order chi connectivity index (χ0) is 34.6. The molecule has 2 aromatic carbocycles. The lowest BCUT2D eigenvalue weighted by molar-refractivity contribution is 0.0237. The van der Waals surface area contributed by atoms with Gasteiger partial charge in [-0.05, 0) is 121 Å². The number of benzene rings is 2. The molecular weight excluding hydrogens is 648 g/mol. The summed E-state index contributed by atoms with van der Waals surface area (Å²) in [6.07, 6.45) is 8.19. The van der Waals surface area contributed by atoms with Gasteiger partial charge in [0.1, 0.15) is 17.1 Å². The highest BCUT2D eigenvalue weighted by molar-refractivity contribution is 5.85. The van der Waals surface area contributed by atoms with Gasteiger partial charge in [0, 0.05) is 36.6 Å². The summed E-state index contributed by atoms with van der Waals surface area (Å²) in [5.41, 5.74) is 6.53. The highest BCUT2D eigenvalue weighted by atomic mass is 35.5. The third-order valence-electron chi connectivity index (χ3n) is 7.93. The van der Waals surface area contributed by atoms with Crippen molar-refractivity contribution < 1.29 is 19.0 Å². The Morgan fingerprint density at radius 1 is 0.700 bits per heavy atom. The summed E-state index contributed by atoms with van der Waals surface area (Å²) in [6, 6.07) is 27.7. The largest absolute Gasteiger partial charge is 0.444 e. The number of nitrogens with zero attached hydrogens (tertiary/aromatic N) is 3. The maximum Gasteiger partial charge on any atom is 0.410 e. The summed E-state index contributed by atoms with van der Waals surface area (Å²) in [6.45, 7) is 13.1. The Labute approximate surface area is 303 Å². The molecule has 2 aliphatic heterocycles. The fraction of sp³-hybridized carbons (Fsp3) is 0.341. The van der Waals surface area contributed by atoms with E-state index in [1.54, 1.807) is 4.90 Å². The molecule has 0 saturated carbocycles. The topological polar surface area (TPSA) is 85.8 Å². The lowest BCUT2D eigenvalue weighted by Crippen LogP contribution is -2.40. The Balaban J connectivity index is 0.000000229. The van der Waals surface area contributed by atoms with Crippen molar-refractivity contribution >= 4 is 30.7 Å². The van der Waals surface area contributed by atoms with Gasteiger partial charge < -0.3 is 24.4 Å². The quantitative estimate of drug-likeness (QED) is 0.215. The molecule has 1 N–H and O–H groups in total. The van der Waals surface area contributed by atoms with Crippen LogP contribution in [0.4, 0.5) is 4.79 Å². The number of nitrogens with one attached hydrogen (secondary N) is 1. The highest BCUT2D eigenvalue weighted by Crippen LogP contribution is 2.26. The first-order chi connectivity index (χ1) is 23.6. The van der Waals surface area contributed by atoms with Crippen LogP contribution in [0.5, 0.6) is 23.3 Å². The van der Waals surface area contributed by atoms with E-state index in [1.165, 1.54) is 16.7 Å². The van der Waals surface area contributed by atoms with Gasteiger partial charge in [0.05, 0.1) is 0 Å². The molecule has 0 unspecified atom stereocenters. The van der Waals surface area contributed by atoms with Crippen LogP contribution in [0.2, 0.25) is 0 Å². The van der Waals surface area contributed by atoms with Crippen molar-refractivity contribution in [1.82, 2.24) is 20.2 Å². The van der Waals surface area contributed by atoms with Gasteiger partial charge in [0.2, 0.25) is 11.8 Å². The lowest BCUT2D eigenvalue weighted by atomic mass is 10.0. The second-order valence-corrected chi connectivity index (χ2v) is 13.4. The van der Waals surface area contributed by atoms with Gasteiger partial charge in [0.25, 0.3) is 0 Å². The second-order valence-electron chi connectivity index (χ2n) is 13.4. The standard InChI is InChI=1S/C23H28N2O3.C18H20N2O.ClH/c1-17-7-5-10-21(24-17)27-20-9-6-8-19(16-20)15-18-11-13-25(14-12-18)22(26)28-23(2,3)4;1-14-4-2-7-18(20-14)21-17-6-3-5-16(13-17)12-15-8-10-19-11-9-15;/h5-10,15-16H,11-14H2,1-4H3;2-7,12-13,19H,8-11H2,1H3;1H. The lowest BCUT2D eigenvalue weighted by Gasteiger charge is -2.31. The Kier molecular flexibility index (Phi) is 14.0. The monoisotopic (exact) mass is 696 g/mol. The minimum atomic E-state index is -0.459. The van der Waals surface area contributed by atoms with Crippen molar-refractivity contribution in [2.75, 3.05) is 26.2 Å². The van der Waals surface area contributed by atoms with Crippen LogP contribution in [0.1, 0.15) is 69.0 Å². The molecule has 50 heavy (non-hydrogen) atoms. The first-order valence-corrected chi connectivity index (χ1v) is 17.1. The second kappa shape index (κ2) is 18.4. The third-order valence-corrected chi connectivity index (χ3v) is 7.93. The number of rotatable bonds is 6. The number of carbonyl (C=O) groups is 1. The number of piperidine rings is 2. The molecular formula is C41H49ClN4O4. The molecule has 2 aromatic heterocycles. The van der Waals surface area contributed by atoms with Crippen LogP contribution in [0.25, 0.3) is 12.2 Å². The number of ether oxygens (including phenoxy) is 3. The van der Waals surface area contributed by atoms with Crippen LogP contribution in [0, 0.1) is 13.8 Å². The van der Waals surface area contributed by atoms with Crippen LogP contribution in [0.3, 0.4) is 0 Å². The molecule has 264 valence electrons. The number of pyridine rings is 2. The van der Waals surface area contributed by atoms with Gasteiger partial charge in [-0.25, -0.2) is 14.8 Å². The van der Waals surface area contributed by atoms with E-state index in [0.29, 0.717) is 24.8 Å². The van der Waals surface area contributed by atoms with E-state index in [0.717, 1.165) is 67.2 Å². The van der Waals surface area contributed by atoms with E-state index in [1.807, 2.05) is 101 Å². The minimum Gasteiger partial charge on any atom is -0.444 e. The Morgan fingerprint density at radius 2 is 1.16 bits per heavy atom. The number of carbonyl (C=O) groups excluding carboxylic acids is 1.